The van der Waals surface area contributed by atoms with Gasteiger partial charge in [-0.25, -0.2) is 0 Å². The highest BCUT2D eigenvalue weighted by Gasteiger charge is 2.05. The van der Waals surface area contributed by atoms with E-state index in [2.05, 4.69) is 5.32 Å². The summed E-state index contributed by atoms with van der Waals surface area (Å²) in [6.45, 7) is 2.70. The molecule has 0 aromatic heterocycles. The first-order valence-electron chi connectivity index (χ1n) is 7.42. The van der Waals surface area contributed by atoms with E-state index in [4.69, 9.17) is 9.84 Å². The fraction of sp³-hybridized carbons (Fsp3) is 0.278. The zero-order valence-corrected chi connectivity index (χ0v) is 12.7. The Kier molecular flexibility index (Phi) is 5.98. The molecule has 4 heteroatoms. The van der Waals surface area contributed by atoms with Gasteiger partial charge in [-0.15, -0.1) is 0 Å². The summed E-state index contributed by atoms with van der Waals surface area (Å²) in [5.41, 5.74) is 2.75. The first-order valence-corrected chi connectivity index (χ1v) is 7.42. The van der Waals surface area contributed by atoms with Crippen molar-refractivity contribution in [1.82, 2.24) is 0 Å². The van der Waals surface area contributed by atoms with Gasteiger partial charge in [-0.1, -0.05) is 24.3 Å². The second-order valence-electron chi connectivity index (χ2n) is 4.97. The van der Waals surface area contributed by atoms with Crippen molar-refractivity contribution >= 4 is 11.6 Å². The van der Waals surface area contributed by atoms with Gasteiger partial charge >= 0.3 is 0 Å². The molecule has 0 radical (unpaired) electrons. The molecule has 1 amide bonds. The van der Waals surface area contributed by atoms with Gasteiger partial charge in [0.2, 0.25) is 5.91 Å². The third kappa shape index (κ3) is 4.90. The molecule has 0 unspecified atom stereocenters. The third-order valence-corrected chi connectivity index (χ3v) is 3.24. The van der Waals surface area contributed by atoms with E-state index in [1.54, 1.807) is 0 Å². The molecule has 2 N–H and O–H groups in total. The average molecular weight is 299 g/mol. The van der Waals surface area contributed by atoms with E-state index in [0.29, 0.717) is 19.4 Å². The fourth-order valence-electron chi connectivity index (χ4n) is 2.14. The van der Waals surface area contributed by atoms with Crippen molar-refractivity contribution in [3.05, 3.63) is 59.7 Å². The normalized spacial score (nSPS) is 10.3. The second-order valence-corrected chi connectivity index (χ2v) is 4.97. The van der Waals surface area contributed by atoms with Crippen molar-refractivity contribution in [2.45, 2.75) is 19.8 Å². The van der Waals surface area contributed by atoms with E-state index < -0.39 is 0 Å². The van der Waals surface area contributed by atoms with Crippen molar-refractivity contribution in [2.75, 3.05) is 18.5 Å². The highest BCUT2D eigenvalue weighted by Crippen LogP contribution is 2.14. The first-order chi connectivity index (χ1) is 10.7. The summed E-state index contributed by atoms with van der Waals surface area (Å²) in [6.07, 6.45) is 0.950. The topological polar surface area (TPSA) is 58.6 Å². The van der Waals surface area contributed by atoms with E-state index in [1.165, 1.54) is 0 Å². The minimum Gasteiger partial charge on any atom is -0.494 e. The summed E-state index contributed by atoms with van der Waals surface area (Å²) in [5, 5.41) is 11.7. The summed E-state index contributed by atoms with van der Waals surface area (Å²) in [7, 11) is 0. The van der Waals surface area contributed by atoms with Crippen LogP contribution in [0.15, 0.2) is 48.5 Å². The Hall–Kier alpha value is -2.33. The molecule has 0 aliphatic rings. The molecule has 0 spiro atoms. The van der Waals surface area contributed by atoms with Gasteiger partial charge in [-0.2, -0.15) is 0 Å². The maximum absolute atomic E-state index is 12.0. The predicted octanol–water partition coefficient (Wildman–Crippen LogP) is 2.80. The van der Waals surface area contributed by atoms with Crippen LogP contribution in [-0.2, 0) is 17.6 Å². The highest BCUT2D eigenvalue weighted by atomic mass is 16.5. The molecule has 0 saturated carbocycles. The molecule has 2 aromatic carbocycles. The summed E-state index contributed by atoms with van der Waals surface area (Å²) < 4.78 is 5.37. The van der Waals surface area contributed by atoms with Gasteiger partial charge < -0.3 is 15.2 Å². The summed E-state index contributed by atoms with van der Waals surface area (Å²) in [5.74, 6) is 0.755. The van der Waals surface area contributed by atoms with Crippen LogP contribution in [0.25, 0.3) is 0 Å². The van der Waals surface area contributed by atoms with E-state index in [9.17, 15) is 4.79 Å². The largest absolute Gasteiger partial charge is 0.494 e. The molecule has 0 fully saturated rings. The number of aliphatic hydroxyl groups excluding tert-OH is 1. The van der Waals surface area contributed by atoms with E-state index in [1.807, 2.05) is 55.5 Å². The van der Waals surface area contributed by atoms with Crippen molar-refractivity contribution < 1.29 is 14.6 Å². The molecule has 116 valence electrons. The number of anilines is 1. The number of nitrogens with one attached hydrogen (secondary N) is 1. The molecule has 0 saturated heterocycles. The molecule has 0 heterocycles. The van der Waals surface area contributed by atoms with Crippen LogP contribution in [0.2, 0.25) is 0 Å². The van der Waals surface area contributed by atoms with Crippen molar-refractivity contribution in [2.24, 2.45) is 0 Å². The number of hydrogen-bond acceptors (Lipinski definition) is 3. The number of ether oxygens (including phenoxy) is 1. The van der Waals surface area contributed by atoms with Crippen molar-refractivity contribution in [1.29, 1.82) is 0 Å². The zero-order valence-electron chi connectivity index (χ0n) is 12.7. The maximum Gasteiger partial charge on any atom is 0.228 e. The Morgan fingerprint density at radius 3 is 2.27 bits per heavy atom. The number of benzene rings is 2. The Morgan fingerprint density at radius 1 is 1.05 bits per heavy atom. The summed E-state index contributed by atoms with van der Waals surface area (Å²) in [4.78, 5) is 12.0. The van der Waals surface area contributed by atoms with Gasteiger partial charge in [-0.3, -0.25) is 4.79 Å². The van der Waals surface area contributed by atoms with Crippen LogP contribution >= 0.6 is 0 Å². The molecule has 0 bridgehead atoms. The number of carbonyl (C=O) groups is 1. The number of carbonyl (C=O) groups excluding carboxylic acids is 1. The van der Waals surface area contributed by atoms with Crippen LogP contribution in [-0.4, -0.2) is 24.2 Å². The average Bonchev–Trinajstić information content (AvgIpc) is 2.52. The van der Waals surface area contributed by atoms with Crippen molar-refractivity contribution in [3.8, 4) is 5.75 Å². The van der Waals surface area contributed by atoms with E-state index in [-0.39, 0.29) is 12.5 Å². The Balaban J connectivity index is 1.89. The third-order valence-electron chi connectivity index (χ3n) is 3.24. The number of rotatable bonds is 7. The van der Waals surface area contributed by atoms with Crippen LogP contribution in [0, 0.1) is 0 Å². The molecular formula is C18H21NO3. The van der Waals surface area contributed by atoms with E-state index in [0.717, 1.165) is 22.6 Å². The lowest BCUT2D eigenvalue weighted by atomic mass is 10.1. The summed E-state index contributed by atoms with van der Waals surface area (Å²) in [6, 6.07) is 15.0. The Bertz CT molecular complexity index is 537. The molecule has 4 nitrogen and oxygen atoms in total. The van der Waals surface area contributed by atoms with Gasteiger partial charge in [-0.05, 0) is 48.7 Å². The quantitative estimate of drug-likeness (QED) is 0.826. The minimum atomic E-state index is -0.0564. The standard InChI is InChI=1S/C18H21NO3/c1-2-22-17-9-5-15(6-10-17)13-18(21)19-16-7-3-14(4-8-16)11-12-20/h3-10,20H,2,11-13H2,1H3,(H,19,21). The molecule has 0 aliphatic heterocycles. The number of hydrogen-bond donors (Lipinski definition) is 2. The van der Waals surface area contributed by atoms with Crippen LogP contribution in [0.4, 0.5) is 5.69 Å². The van der Waals surface area contributed by atoms with Gasteiger partial charge in [0.15, 0.2) is 0 Å². The van der Waals surface area contributed by atoms with Gasteiger partial charge in [0.25, 0.3) is 0 Å². The molecule has 2 aromatic rings. The minimum absolute atomic E-state index is 0.0564. The van der Waals surface area contributed by atoms with E-state index >= 15 is 0 Å². The van der Waals surface area contributed by atoms with Gasteiger partial charge in [0.05, 0.1) is 13.0 Å². The maximum atomic E-state index is 12.0. The zero-order chi connectivity index (χ0) is 15.8. The Labute approximate surface area is 130 Å². The second kappa shape index (κ2) is 8.20. The molecule has 22 heavy (non-hydrogen) atoms. The summed E-state index contributed by atoms with van der Waals surface area (Å²) >= 11 is 0. The first kappa shape index (κ1) is 16.0. The van der Waals surface area contributed by atoms with Crippen LogP contribution in [0.3, 0.4) is 0 Å². The molecule has 0 aliphatic carbocycles. The molecule has 2 rings (SSSR count). The lowest BCUT2D eigenvalue weighted by molar-refractivity contribution is -0.115. The number of amides is 1. The lowest BCUT2D eigenvalue weighted by Gasteiger charge is -2.07. The highest BCUT2D eigenvalue weighted by molar-refractivity contribution is 5.92. The molecular weight excluding hydrogens is 278 g/mol. The van der Waals surface area contributed by atoms with Crippen molar-refractivity contribution in [3.63, 3.8) is 0 Å². The monoisotopic (exact) mass is 299 g/mol. The Morgan fingerprint density at radius 2 is 1.68 bits per heavy atom. The van der Waals surface area contributed by atoms with Crippen LogP contribution in [0.1, 0.15) is 18.1 Å². The molecule has 0 atom stereocenters. The lowest BCUT2D eigenvalue weighted by Crippen LogP contribution is -2.14. The van der Waals surface area contributed by atoms with Gasteiger partial charge in [0, 0.05) is 12.3 Å². The number of aliphatic hydroxyl groups is 1. The predicted molar refractivity (Wildman–Crippen MR) is 87.2 cm³/mol. The fourth-order valence-corrected chi connectivity index (χ4v) is 2.14. The smallest absolute Gasteiger partial charge is 0.228 e. The van der Waals surface area contributed by atoms with Gasteiger partial charge in [0.1, 0.15) is 5.75 Å². The SMILES string of the molecule is CCOc1ccc(CC(=O)Nc2ccc(CCO)cc2)cc1. The van der Waals surface area contributed by atoms with Crippen LogP contribution in [0.5, 0.6) is 5.75 Å². The van der Waals surface area contributed by atoms with Crippen LogP contribution < -0.4 is 10.1 Å².